The molecule has 2 amide bonds. The molecule has 0 aliphatic rings. The summed E-state index contributed by atoms with van der Waals surface area (Å²) < 4.78 is 0. The highest BCUT2D eigenvalue weighted by molar-refractivity contribution is 5.69. The van der Waals surface area contributed by atoms with Gasteiger partial charge in [-0.1, -0.05) is 0 Å². The number of urea groups is 1. The summed E-state index contributed by atoms with van der Waals surface area (Å²) >= 11 is 0. The maximum atomic E-state index is 9.00. The molecule has 0 saturated heterocycles. The van der Waals surface area contributed by atoms with Crippen molar-refractivity contribution in [3.8, 4) is 0 Å². The van der Waals surface area contributed by atoms with Gasteiger partial charge in [-0.2, -0.15) is 0 Å². The Balaban J connectivity index is -0.0000000929. The molecular formula is C11H30N2O8. The van der Waals surface area contributed by atoms with Crippen molar-refractivity contribution in [2.75, 3.05) is 33.0 Å². The summed E-state index contributed by atoms with van der Waals surface area (Å²) in [4.78, 5) is 9.00. The van der Waals surface area contributed by atoms with Crippen LogP contribution in [0.3, 0.4) is 0 Å². The van der Waals surface area contributed by atoms with Crippen LogP contribution in [0.4, 0.5) is 4.79 Å². The molecular weight excluding hydrogens is 288 g/mol. The van der Waals surface area contributed by atoms with Gasteiger partial charge in [-0.3, -0.25) is 0 Å². The van der Waals surface area contributed by atoms with Gasteiger partial charge in [-0.15, -0.1) is 0 Å². The SMILES string of the molecule is CC(O)CO.NC(N)=O.OCC(O)CO.OCCCCO. The van der Waals surface area contributed by atoms with Crippen LogP contribution < -0.4 is 11.5 Å². The Morgan fingerprint density at radius 3 is 1.14 bits per heavy atom. The minimum absolute atomic E-state index is 0.139. The highest BCUT2D eigenvalue weighted by Gasteiger charge is 1.93. The Bertz CT molecular complexity index is 172. The zero-order valence-electron chi connectivity index (χ0n) is 12.3. The highest BCUT2D eigenvalue weighted by atomic mass is 16.3. The van der Waals surface area contributed by atoms with Crippen LogP contribution in [0.2, 0.25) is 0 Å². The van der Waals surface area contributed by atoms with Gasteiger partial charge in [-0.05, 0) is 19.8 Å². The van der Waals surface area contributed by atoms with Crippen molar-refractivity contribution in [1.82, 2.24) is 0 Å². The highest BCUT2D eigenvalue weighted by Crippen LogP contribution is 1.80. The number of primary amides is 2. The number of hydrogen-bond donors (Lipinski definition) is 9. The van der Waals surface area contributed by atoms with Crippen LogP contribution in [-0.4, -0.2) is 87.0 Å². The third kappa shape index (κ3) is 85.9. The lowest BCUT2D eigenvalue weighted by Crippen LogP contribution is -2.18. The van der Waals surface area contributed by atoms with Crippen molar-refractivity contribution in [3.05, 3.63) is 0 Å². The first-order valence-corrected chi connectivity index (χ1v) is 6.18. The minimum Gasteiger partial charge on any atom is -0.396 e. The fourth-order valence-electron chi connectivity index (χ4n) is 0.281. The lowest BCUT2D eigenvalue weighted by molar-refractivity contribution is 0.0450. The van der Waals surface area contributed by atoms with Crippen LogP contribution in [-0.2, 0) is 0 Å². The first kappa shape index (κ1) is 28.2. The number of aliphatic hydroxyl groups is 7. The van der Waals surface area contributed by atoms with Crippen LogP contribution >= 0.6 is 0 Å². The van der Waals surface area contributed by atoms with Gasteiger partial charge in [-0.25, -0.2) is 4.79 Å². The predicted molar refractivity (Wildman–Crippen MR) is 76.1 cm³/mol. The van der Waals surface area contributed by atoms with Crippen LogP contribution in [0, 0.1) is 0 Å². The summed E-state index contributed by atoms with van der Waals surface area (Å²) in [6.45, 7) is 1.05. The largest absolute Gasteiger partial charge is 0.396 e. The summed E-state index contributed by atoms with van der Waals surface area (Å²) in [5, 5.41) is 56.2. The maximum Gasteiger partial charge on any atom is 0.309 e. The molecule has 0 saturated carbocycles. The maximum absolute atomic E-state index is 9.00. The second kappa shape index (κ2) is 27.4. The molecule has 0 heterocycles. The number of carbonyl (C=O) groups is 1. The average molecular weight is 318 g/mol. The summed E-state index contributed by atoms with van der Waals surface area (Å²) in [5.74, 6) is 0. The Morgan fingerprint density at radius 1 is 0.857 bits per heavy atom. The quantitative estimate of drug-likeness (QED) is 0.223. The van der Waals surface area contributed by atoms with E-state index in [1.54, 1.807) is 0 Å². The van der Waals surface area contributed by atoms with Gasteiger partial charge < -0.3 is 47.2 Å². The van der Waals surface area contributed by atoms with E-state index in [0.29, 0.717) is 0 Å². The van der Waals surface area contributed by atoms with E-state index >= 15 is 0 Å². The zero-order chi connectivity index (χ0) is 17.7. The zero-order valence-corrected chi connectivity index (χ0v) is 12.3. The van der Waals surface area contributed by atoms with Gasteiger partial charge in [0.1, 0.15) is 6.10 Å². The van der Waals surface area contributed by atoms with Crippen molar-refractivity contribution in [2.45, 2.75) is 32.0 Å². The van der Waals surface area contributed by atoms with Crippen molar-refractivity contribution >= 4 is 6.03 Å². The average Bonchev–Trinajstić information content (AvgIpc) is 2.44. The lowest BCUT2D eigenvalue weighted by atomic mass is 10.3. The molecule has 1 atom stereocenters. The molecule has 0 aromatic rings. The van der Waals surface area contributed by atoms with E-state index in [2.05, 4.69) is 11.5 Å². The van der Waals surface area contributed by atoms with E-state index in [0.717, 1.165) is 12.8 Å². The van der Waals surface area contributed by atoms with Gasteiger partial charge in [0.25, 0.3) is 0 Å². The second-order valence-electron chi connectivity index (χ2n) is 3.61. The molecule has 21 heavy (non-hydrogen) atoms. The van der Waals surface area contributed by atoms with Crippen LogP contribution in [0.5, 0.6) is 0 Å². The molecule has 0 aromatic carbocycles. The summed E-state index contributed by atoms with van der Waals surface area (Å²) in [5.41, 5.74) is 8.50. The molecule has 0 aliphatic heterocycles. The van der Waals surface area contributed by atoms with Gasteiger partial charge in [0, 0.05) is 13.2 Å². The van der Waals surface area contributed by atoms with E-state index in [4.69, 9.17) is 40.5 Å². The first-order valence-electron chi connectivity index (χ1n) is 6.18. The first-order chi connectivity index (χ1) is 9.72. The van der Waals surface area contributed by atoms with Gasteiger partial charge in [0.15, 0.2) is 0 Å². The molecule has 0 aliphatic carbocycles. The van der Waals surface area contributed by atoms with Crippen LogP contribution in [0.25, 0.3) is 0 Å². The van der Waals surface area contributed by atoms with Crippen molar-refractivity contribution in [2.24, 2.45) is 11.5 Å². The van der Waals surface area contributed by atoms with E-state index < -0.39 is 18.2 Å². The molecule has 0 aromatic heterocycles. The number of hydrogen-bond acceptors (Lipinski definition) is 8. The Labute approximate surface area is 124 Å². The summed E-state index contributed by atoms with van der Waals surface area (Å²) in [7, 11) is 0. The molecule has 0 fully saturated rings. The third-order valence-electron chi connectivity index (χ3n) is 1.25. The molecule has 0 radical (unpaired) electrons. The van der Waals surface area contributed by atoms with Crippen molar-refractivity contribution in [1.29, 1.82) is 0 Å². The molecule has 0 bridgehead atoms. The number of unbranched alkanes of at least 4 members (excludes halogenated alkanes) is 1. The van der Waals surface area contributed by atoms with Crippen molar-refractivity contribution < 1.29 is 40.5 Å². The Hall–Kier alpha value is -1.01. The molecule has 0 spiro atoms. The Kier molecular flexibility index (Phi) is 36.7. The Morgan fingerprint density at radius 2 is 1.10 bits per heavy atom. The van der Waals surface area contributed by atoms with E-state index in [1.807, 2.05) is 0 Å². The number of amides is 2. The summed E-state index contributed by atoms with van der Waals surface area (Å²) in [6, 6.07) is -0.833. The normalized spacial score (nSPS) is 10.1. The number of nitrogens with two attached hydrogens (primary N) is 2. The fourth-order valence-corrected chi connectivity index (χ4v) is 0.281. The number of rotatable bonds is 6. The molecule has 0 rings (SSSR count). The smallest absolute Gasteiger partial charge is 0.309 e. The van der Waals surface area contributed by atoms with Gasteiger partial charge in [0.2, 0.25) is 0 Å². The molecule has 11 N–H and O–H groups in total. The van der Waals surface area contributed by atoms with Gasteiger partial charge in [0.05, 0.1) is 25.9 Å². The molecule has 132 valence electrons. The van der Waals surface area contributed by atoms with E-state index in [9.17, 15) is 0 Å². The number of aliphatic hydroxyl groups excluding tert-OH is 7. The topological polar surface area (TPSA) is 211 Å². The summed E-state index contributed by atoms with van der Waals surface area (Å²) in [6.07, 6.45) is -0.0764. The molecule has 1 unspecified atom stereocenters. The van der Waals surface area contributed by atoms with Crippen molar-refractivity contribution in [3.63, 3.8) is 0 Å². The predicted octanol–water partition coefficient (Wildman–Crippen LogP) is -3.53. The number of carbonyl (C=O) groups excluding carboxylic acids is 1. The molecule has 10 heteroatoms. The molecule has 10 nitrogen and oxygen atoms in total. The van der Waals surface area contributed by atoms with Gasteiger partial charge >= 0.3 is 6.03 Å². The van der Waals surface area contributed by atoms with Crippen LogP contribution in [0.15, 0.2) is 0 Å². The standard InChI is InChI=1S/C4H10O2.C3H8O3.C3H8O2.CH4N2O/c5-3-1-2-4-6;4-1-3(6)2-5;1-3(5)2-4;2-1(3)4/h5-6H,1-4H2;3-6H,1-2H2;3-5H,2H2,1H3;(H4,2,3,4). The fraction of sp³-hybridized carbons (Fsp3) is 0.909. The lowest BCUT2D eigenvalue weighted by Gasteiger charge is -1.96. The second-order valence-corrected chi connectivity index (χ2v) is 3.61. The monoisotopic (exact) mass is 318 g/mol. The third-order valence-corrected chi connectivity index (χ3v) is 1.25. The van der Waals surface area contributed by atoms with E-state index in [1.165, 1.54) is 6.92 Å². The van der Waals surface area contributed by atoms with Crippen LogP contribution in [0.1, 0.15) is 19.8 Å². The minimum atomic E-state index is -0.954. The van der Waals surface area contributed by atoms with E-state index in [-0.39, 0.29) is 33.0 Å².